The van der Waals surface area contributed by atoms with Crippen molar-refractivity contribution in [2.24, 2.45) is 0 Å². The van der Waals surface area contributed by atoms with Gasteiger partial charge in [-0.2, -0.15) is 23.1 Å². The van der Waals surface area contributed by atoms with E-state index in [0.717, 1.165) is 18.9 Å². The summed E-state index contributed by atoms with van der Waals surface area (Å²) >= 11 is 0. The van der Waals surface area contributed by atoms with Crippen LogP contribution in [-0.4, -0.2) is 22.5 Å². The van der Waals surface area contributed by atoms with E-state index < -0.39 is 30.5 Å². The molecule has 1 saturated carbocycles. The van der Waals surface area contributed by atoms with Gasteiger partial charge in [0, 0.05) is 5.92 Å². The number of carbonyl (C=O) groups is 1. The van der Waals surface area contributed by atoms with Crippen molar-refractivity contribution in [2.45, 2.75) is 24.9 Å². The van der Waals surface area contributed by atoms with Crippen LogP contribution in [0.2, 0.25) is 0 Å². The number of carboxylic acid groups (broad SMARTS) is 1. The molecule has 0 bridgehead atoms. The minimum atomic E-state index is -4.62. The van der Waals surface area contributed by atoms with Crippen molar-refractivity contribution in [3.63, 3.8) is 0 Å². The number of hydrogen-bond donors (Lipinski definition) is 0. The predicted molar refractivity (Wildman–Crippen MR) is 49.5 cm³/mol. The lowest BCUT2D eigenvalue weighted by molar-refractivity contribution is -0.307. The molecular formula is C10H8F3N2O3-. The second kappa shape index (κ2) is 4.43. The highest BCUT2D eigenvalue weighted by atomic mass is 19.4. The highest BCUT2D eigenvalue weighted by Gasteiger charge is 2.36. The topological polar surface area (TPSA) is 75.1 Å². The summed E-state index contributed by atoms with van der Waals surface area (Å²) < 4.78 is 42.2. The minimum absolute atomic E-state index is 0.0283. The fraction of sp³-hybridized carbons (Fsp3) is 0.500. The van der Waals surface area contributed by atoms with Gasteiger partial charge in [0.25, 0.3) is 0 Å². The number of aliphatic carboxylic acids is 1. The van der Waals surface area contributed by atoms with E-state index in [1.54, 1.807) is 0 Å². The van der Waals surface area contributed by atoms with Crippen LogP contribution in [0.3, 0.4) is 0 Å². The Labute approximate surface area is 99.6 Å². The molecule has 0 aromatic carbocycles. The molecule has 0 N–H and O–H groups in total. The maximum atomic E-state index is 12.6. The number of hydrogen-bond acceptors (Lipinski definition) is 5. The molecule has 1 aliphatic rings. The molecule has 5 nitrogen and oxygen atoms in total. The number of rotatable bonds is 4. The van der Waals surface area contributed by atoms with Gasteiger partial charge in [-0.3, -0.25) is 0 Å². The summed E-state index contributed by atoms with van der Waals surface area (Å²) in [5.74, 6) is -1.58. The molecule has 2 rings (SSSR count). The van der Waals surface area contributed by atoms with Crippen LogP contribution in [0.25, 0.3) is 0 Å². The van der Waals surface area contributed by atoms with E-state index in [9.17, 15) is 23.1 Å². The molecule has 8 heteroatoms. The number of alkyl halides is 3. The first-order chi connectivity index (χ1) is 8.36. The van der Waals surface area contributed by atoms with Crippen LogP contribution in [0.1, 0.15) is 30.1 Å². The van der Waals surface area contributed by atoms with Crippen molar-refractivity contribution in [3.8, 4) is 6.01 Å². The maximum Gasteiger partial charge on any atom is 0.433 e. The zero-order chi connectivity index (χ0) is 13.3. The summed E-state index contributed by atoms with van der Waals surface area (Å²) in [4.78, 5) is 17.1. The van der Waals surface area contributed by atoms with Crippen LogP contribution in [0.5, 0.6) is 6.01 Å². The average Bonchev–Trinajstić information content (AvgIpc) is 3.08. The zero-order valence-corrected chi connectivity index (χ0v) is 9.03. The van der Waals surface area contributed by atoms with Crippen molar-refractivity contribution in [3.05, 3.63) is 17.5 Å². The molecule has 1 aromatic rings. The van der Waals surface area contributed by atoms with Crippen LogP contribution < -0.4 is 9.84 Å². The Kier molecular flexibility index (Phi) is 3.10. The van der Waals surface area contributed by atoms with Crippen LogP contribution in [0, 0.1) is 0 Å². The first-order valence-corrected chi connectivity index (χ1v) is 5.15. The Hall–Kier alpha value is -1.86. The van der Waals surface area contributed by atoms with Gasteiger partial charge in [-0.15, -0.1) is 0 Å². The van der Waals surface area contributed by atoms with E-state index in [0.29, 0.717) is 0 Å². The van der Waals surface area contributed by atoms with E-state index in [1.165, 1.54) is 0 Å². The highest BCUT2D eigenvalue weighted by Crippen LogP contribution is 2.41. The number of aromatic nitrogens is 2. The van der Waals surface area contributed by atoms with Crippen LogP contribution in [-0.2, 0) is 11.0 Å². The summed E-state index contributed by atoms with van der Waals surface area (Å²) in [5.41, 5.74) is -0.904. The van der Waals surface area contributed by atoms with Crippen LogP contribution >= 0.6 is 0 Å². The van der Waals surface area contributed by atoms with Gasteiger partial charge in [-0.25, -0.2) is 0 Å². The summed E-state index contributed by atoms with van der Waals surface area (Å²) in [6, 6.07) is 0.278. The van der Waals surface area contributed by atoms with Gasteiger partial charge < -0.3 is 14.6 Å². The third-order valence-electron chi connectivity index (χ3n) is 2.33. The van der Waals surface area contributed by atoms with Gasteiger partial charge in [-0.05, 0) is 18.9 Å². The number of nitrogens with zero attached hydrogens (tertiary/aromatic N) is 2. The minimum Gasteiger partial charge on any atom is -0.546 e. The molecule has 0 spiro atoms. The van der Waals surface area contributed by atoms with Gasteiger partial charge in [0.2, 0.25) is 0 Å². The van der Waals surface area contributed by atoms with Gasteiger partial charge >= 0.3 is 12.2 Å². The largest absolute Gasteiger partial charge is 0.546 e. The molecule has 98 valence electrons. The van der Waals surface area contributed by atoms with E-state index in [-0.39, 0.29) is 11.6 Å². The normalized spacial score (nSPS) is 15.5. The third kappa shape index (κ3) is 3.08. The lowest BCUT2D eigenvalue weighted by Gasteiger charge is -2.10. The summed E-state index contributed by atoms with van der Waals surface area (Å²) in [5, 5.41) is 10.2. The SMILES string of the molecule is O=C([O-])COc1nc(C2CC2)cc(C(F)(F)F)n1. The molecule has 1 heterocycles. The molecule has 0 radical (unpaired) electrons. The average molecular weight is 261 g/mol. The molecule has 18 heavy (non-hydrogen) atoms. The maximum absolute atomic E-state index is 12.6. The number of ether oxygens (including phenoxy) is 1. The molecule has 0 amide bonds. The van der Waals surface area contributed by atoms with Gasteiger partial charge in [0.15, 0.2) is 5.69 Å². The monoisotopic (exact) mass is 261 g/mol. The third-order valence-corrected chi connectivity index (χ3v) is 2.33. The van der Waals surface area contributed by atoms with E-state index in [1.807, 2.05) is 0 Å². The highest BCUT2D eigenvalue weighted by molar-refractivity contribution is 5.65. The molecular weight excluding hydrogens is 253 g/mol. The lowest BCUT2D eigenvalue weighted by atomic mass is 10.2. The lowest BCUT2D eigenvalue weighted by Crippen LogP contribution is -2.29. The summed E-state index contributed by atoms with van der Waals surface area (Å²) in [6.07, 6.45) is -3.10. The van der Waals surface area contributed by atoms with Crippen molar-refractivity contribution in [2.75, 3.05) is 6.61 Å². The first kappa shape index (κ1) is 12.6. The molecule has 0 unspecified atom stereocenters. The standard InChI is InChI=1S/C10H9F3N2O3/c11-10(12,13)7-3-6(5-1-2-5)14-9(15-7)18-4-8(16)17/h3,5H,1-2,4H2,(H,16,17)/p-1. The Morgan fingerprint density at radius 1 is 1.44 bits per heavy atom. The molecule has 1 aromatic heterocycles. The van der Waals surface area contributed by atoms with E-state index in [2.05, 4.69) is 14.7 Å². The van der Waals surface area contributed by atoms with Gasteiger partial charge in [-0.1, -0.05) is 0 Å². The Bertz CT molecular complexity index is 472. The van der Waals surface area contributed by atoms with Crippen molar-refractivity contribution in [1.82, 2.24) is 9.97 Å². The predicted octanol–water partition coefficient (Wildman–Crippen LogP) is 0.501. The Balaban J connectivity index is 2.27. The quantitative estimate of drug-likeness (QED) is 0.789. The second-order valence-electron chi connectivity index (χ2n) is 3.89. The summed E-state index contributed by atoms with van der Waals surface area (Å²) in [7, 11) is 0. The van der Waals surface area contributed by atoms with E-state index in [4.69, 9.17) is 0 Å². The van der Waals surface area contributed by atoms with Crippen molar-refractivity contribution in [1.29, 1.82) is 0 Å². The second-order valence-corrected chi connectivity index (χ2v) is 3.89. The first-order valence-electron chi connectivity index (χ1n) is 5.15. The van der Waals surface area contributed by atoms with E-state index >= 15 is 0 Å². The summed E-state index contributed by atoms with van der Waals surface area (Å²) in [6.45, 7) is -0.884. The van der Waals surface area contributed by atoms with Crippen LogP contribution in [0.4, 0.5) is 13.2 Å². The Morgan fingerprint density at radius 3 is 2.61 bits per heavy atom. The number of carbonyl (C=O) groups excluding carboxylic acids is 1. The van der Waals surface area contributed by atoms with Gasteiger partial charge in [0.1, 0.15) is 6.61 Å². The van der Waals surface area contributed by atoms with Gasteiger partial charge in [0.05, 0.1) is 11.7 Å². The number of carboxylic acids is 1. The number of halogens is 3. The molecule has 1 aliphatic carbocycles. The van der Waals surface area contributed by atoms with Crippen LogP contribution in [0.15, 0.2) is 6.07 Å². The van der Waals surface area contributed by atoms with Crippen molar-refractivity contribution >= 4 is 5.97 Å². The zero-order valence-electron chi connectivity index (χ0n) is 9.03. The fourth-order valence-corrected chi connectivity index (χ4v) is 1.36. The van der Waals surface area contributed by atoms with Crippen molar-refractivity contribution < 1.29 is 27.8 Å². The molecule has 0 saturated heterocycles. The molecule has 1 fully saturated rings. The fourth-order valence-electron chi connectivity index (χ4n) is 1.36. The molecule has 0 aliphatic heterocycles. The molecule has 0 atom stereocenters. The smallest absolute Gasteiger partial charge is 0.433 e. The Morgan fingerprint density at radius 2 is 2.11 bits per heavy atom.